The van der Waals surface area contributed by atoms with Crippen LogP contribution in [0, 0.1) is 0 Å². The fourth-order valence-electron chi connectivity index (χ4n) is 1.47. The molecule has 0 aliphatic heterocycles. The number of rotatable bonds is 1. The average molecular weight is 160 g/mol. The molecule has 0 spiro atoms. The molecule has 0 N–H and O–H groups in total. The van der Waals surface area contributed by atoms with Crippen molar-refractivity contribution in [3.63, 3.8) is 0 Å². The van der Waals surface area contributed by atoms with E-state index in [0.29, 0.717) is 0 Å². The zero-order valence-electron chi connectivity index (χ0n) is 7.14. The van der Waals surface area contributed by atoms with Gasteiger partial charge < -0.3 is 4.57 Å². The molecule has 0 saturated heterocycles. The van der Waals surface area contributed by atoms with E-state index in [1.54, 1.807) is 0 Å². The Morgan fingerprint density at radius 1 is 1.42 bits per heavy atom. The van der Waals surface area contributed by atoms with E-state index in [0.717, 1.165) is 6.42 Å². The van der Waals surface area contributed by atoms with Crippen LogP contribution in [0.2, 0.25) is 0 Å². The Bertz CT molecular complexity index is 309. The number of allylic oxidation sites excluding steroid dienone is 4. The van der Waals surface area contributed by atoms with Crippen LogP contribution < -0.4 is 0 Å². The molecule has 0 amide bonds. The lowest BCUT2D eigenvalue weighted by molar-refractivity contribution is 0.411. The van der Waals surface area contributed by atoms with Gasteiger partial charge in [0, 0.05) is 12.4 Å². The molecule has 1 aromatic heterocycles. The predicted octanol–water partition coefficient (Wildman–Crippen LogP) is 2.11. The van der Waals surface area contributed by atoms with Crippen LogP contribution in [-0.4, -0.2) is 9.55 Å². The first kappa shape index (κ1) is 7.35. The summed E-state index contributed by atoms with van der Waals surface area (Å²) in [7, 11) is 0. The van der Waals surface area contributed by atoms with Crippen molar-refractivity contribution in [3.05, 3.63) is 43.0 Å². The fourth-order valence-corrected chi connectivity index (χ4v) is 1.47. The third-order valence-electron chi connectivity index (χ3n) is 2.33. The Balaban J connectivity index is 2.34. The highest BCUT2D eigenvalue weighted by molar-refractivity contribution is 5.18. The van der Waals surface area contributed by atoms with Crippen LogP contribution in [0.25, 0.3) is 0 Å². The number of hydrogen-bond acceptors (Lipinski definition) is 1. The number of imidazole rings is 1. The Morgan fingerprint density at radius 2 is 2.33 bits per heavy atom. The number of nitrogens with zero attached hydrogens (tertiary/aromatic N) is 2. The second kappa shape index (κ2) is 2.63. The van der Waals surface area contributed by atoms with Gasteiger partial charge in [0.05, 0.1) is 11.9 Å². The van der Waals surface area contributed by atoms with Crippen LogP contribution in [0.15, 0.2) is 43.0 Å². The van der Waals surface area contributed by atoms with Crippen molar-refractivity contribution in [1.29, 1.82) is 0 Å². The molecule has 1 heterocycles. The van der Waals surface area contributed by atoms with Gasteiger partial charge in [-0.05, 0) is 13.3 Å². The minimum absolute atomic E-state index is 0.0885. The summed E-state index contributed by atoms with van der Waals surface area (Å²) in [6, 6.07) is 0. The summed E-state index contributed by atoms with van der Waals surface area (Å²) in [4.78, 5) is 4.05. The van der Waals surface area contributed by atoms with Crippen molar-refractivity contribution in [2.45, 2.75) is 18.9 Å². The molecule has 0 saturated carbocycles. The predicted molar refractivity (Wildman–Crippen MR) is 48.8 cm³/mol. The second-order valence-corrected chi connectivity index (χ2v) is 3.32. The quantitative estimate of drug-likeness (QED) is 0.615. The number of hydrogen-bond donors (Lipinski definition) is 0. The molecule has 62 valence electrons. The van der Waals surface area contributed by atoms with Gasteiger partial charge >= 0.3 is 0 Å². The summed E-state index contributed by atoms with van der Waals surface area (Å²) in [5.74, 6) is 0. The Morgan fingerprint density at radius 3 is 2.92 bits per heavy atom. The van der Waals surface area contributed by atoms with E-state index in [1.165, 1.54) is 0 Å². The van der Waals surface area contributed by atoms with Gasteiger partial charge in [-0.3, -0.25) is 0 Å². The van der Waals surface area contributed by atoms with Gasteiger partial charge in [-0.25, -0.2) is 4.98 Å². The molecule has 1 atom stereocenters. The maximum absolute atomic E-state index is 4.05. The summed E-state index contributed by atoms with van der Waals surface area (Å²) >= 11 is 0. The van der Waals surface area contributed by atoms with Crippen molar-refractivity contribution in [1.82, 2.24) is 9.55 Å². The lowest BCUT2D eigenvalue weighted by atomic mass is 9.93. The third kappa shape index (κ3) is 1.09. The zero-order valence-corrected chi connectivity index (χ0v) is 7.14. The lowest BCUT2D eigenvalue weighted by Crippen LogP contribution is -2.26. The van der Waals surface area contributed by atoms with Crippen LogP contribution in [-0.2, 0) is 5.54 Å². The SMILES string of the molecule is CC1(n2ccnc2)C=CC=CC1. The molecule has 1 aliphatic rings. The maximum atomic E-state index is 4.05. The maximum Gasteiger partial charge on any atom is 0.0953 e. The van der Waals surface area contributed by atoms with E-state index < -0.39 is 0 Å². The normalized spacial score (nSPS) is 27.8. The van der Waals surface area contributed by atoms with Crippen LogP contribution >= 0.6 is 0 Å². The monoisotopic (exact) mass is 160 g/mol. The highest BCUT2D eigenvalue weighted by atomic mass is 15.1. The largest absolute Gasteiger partial charge is 0.328 e. The molecule has 2 nitrogen and oxygen atoms in total. The highest BCUT2D eigenvalue weighted by Gasteiger charge is 2.21. The number of aromatic nitrogens is 2. The molecule has 1 aromatic rings. The molecule has 2 heteroatoms. The Hall–Kier alpha value is -1.31. The van der Waals surface area contributed by atoms with Gasteiger partial charge in [0.25, 0.3) is 0 Å². The van der Waals surface area contributed by atoms with Crippen molar-refractivity contribution in [2.75, 3.05) is 0 Å². The molecular formula is C10H12N2. The molecule has 0 aromatic carbocycles. The molecule has 1 aliphatic carbocycles. The van der Waals surface area contributed by atoms with Crippen LogP contribution in [0.5, 0.6) is 0 Å². The van der Waals surface area contributed by atoms with Gasteiger partial charge in [-0.1, -0.05) is 24.3 Å². The van der Waals surface area contributed by atoms with E-state index in [1.807, 2.05) is 18.7 Å². The van der Waals surface area contributed by atoms with Crippen LogP contribution in [0.3, 0.4) is 0 Å². The van der Waals surface area contributed by atoms with Crippen molar-refractivity contribution in [3.8, 4) is 0 Å². The average Bonchev–Trinajstić information content (AvgIpc) is 2.58. The first-order valence-electron chi connectivity index (χ1n) is 4.14. The smallest absolute Gasteiger partial charge is 0.0953 e. The van der Waals surface area contributed by atoms with Crippen molar-refractivity contribution >= 4 is 0 Å². The van der Waals surface area contributed by atoms with Gasteiger partial charge in [-0.2, -0.15) is 0 Å². The minimum atomic E-state index is 0.0885. The molecule has 12 heavy (non-hydrogen) atoms. The van der Waals surface area contributed by atoms with Crippen LogP contribution in [0.4, 0.5) is 0 Å². The Kier molecular flexibility index (Phi) is 1.61. The second-order valence-electron chi connectivity index (χ2n) is 3.32. The molecule has 2 rings (SSSR count). The first-order valence-corrected chi connectivity index (χ1v) is 4.14. The van der Waals surface area contributed by atoms with Gasteiger partial charge in [0.1, 0.15) is 0 Å². The zero-order chi connectivity index (χ0) is 8.44. The van der Waals surface area contributed by atoms with Crippen molar-refractivity contribution in [2.24, 2.45) is 0 Å². The van der Waals surface area contributed by atoms with E-state index in [-0.39, 0.29) is 5.54 Å². The van der Waals surface area contributed by atoms with Gasteiger partial charge in [-0.15, -0.1) is 0 Å². The topological polar surface area (TPSA) is 17.8 Å². The molecule has 0 fully saturated rings. The molecule has 0 radical (unpaired) electrons. The summed E-state index contributed by atoms with van der Waals surface area (Å²) in [5.41, 5.74) is 0.0885. The molecule has 1 unspecified atom stereocenters. The molecular weight excluding hydrogens is 148 g/mol. The third-order valence-corrected chi connectivity index (χ3v) is 2.33. The van der Waals surface area contributed by atoms with Crippen molar-refractivity contribution < 1.29 is 0 Å². The standard InChI is InChI=1S/C10H12N2/c1-10(5-3-2-4-6-10)12-8-7-11-9-12/h2-5,7-9H,6H2,1H3. The summed E-state index contributed by atoms with van der Waals surface area (Å²) < 4.78 is 2.13. The fraction of sp³-hybridized carbons (Fsp3) is 0.300. The summed E-state index contributed by atoms with van der Waals surface area (Å²) in [6.45, 7) is 2.20. The van der Waals surface area contributed by atoms with E-state index in [9.17, 15) is 0 Å². The summed E-state index contributed by atoms with van der Waals surface area (Å²) in [5, 5.41) is 0. The van der Waals surface area contributed by atoms with Gasteiger partial charge in [0.2, 0.25) is 0 Å². The van der Waals surface area contributed by atoms with E-state index >= 15 is 0 Å². The highest BCUT2D eigenvalue weighted by Crippen LogP contribution is 2.25. The van der Waals surface area contributed by atoms with E-state index in [2.05, 4.69) is 40.8 Å². The Labute approximate surface area is 72.2 Å². The van der Waals surface area contributed by atoms with E-state index in [4.69, 9.17) is 0 Å². The van der Waals surface area contributed by atoms with Crippen LogP contribution in [0.1, 0.15) is 13.3 Å². The first-order chi connectivity index (χ1) is 5.81. The minimum Gasteiger partial charge on any atom is -0.328 e. The van der Waals surface area contributed by atoms with Gasteiger partial charge in [0.15, 0.2) is 0 Å². The molecule has 0 bridgehead atoms. The summed E-state index contributed by atoms with van der Waals surface area (Å²) in [6.07, 6.45) is 15.3. The lowest BCUT2D eigenvalue weighted by Gasteiger charge is -2.27.